The van der Waals surface area contributed by atoms with Gasteiger partial charge in [0, 0.05) is 12.2 Å². The number of carbonyl (C=O) groups is 2. The smallest absolute Gasteiger partial charge is 0.308 e. The summed E-state index contributed by atoms with van der Waals surface area (Å²) in [7, 11) is 0. The molecule has 1 heterocycles. The van der Waals surface area contributed by atoms with Crippen LogP contribution in [0.5, 0.6) is 0 Å². The van der Waals surface area contributed by atoms with Gasteiger partial charge in [0.25, 0.3) is 5.91 Å². The number of nitrogens with zero attached hydrogens (tertiary/aromatic N) is 1. The molecule has 18 heavy (non-hydrogen) atoms. The molecule has 1 aromatic heterocycles. The quantitative estimate of drug-likeness (QED) is 0.732. The molecule has 2 bridgehead atoms. The van der Waals surface area contributed by atoms with Gasteiger partial charge in [0.05, 0.1) is 5.92 Å². The molecule has 1 amide bonds. The highest BCUT2D eigenvalue weighted by molar-refractivity contribution is 5.92. The van der Waals surface area contributed by atoms with Crippen LogP contribution in [0.15, 0.2) is 12.3 Å². The van der Waals surface area contributed by atoms with Gasteiger partial charge in [-0.15, -0.1) is 0 Å². The minimum Gasteiger partial charge on any atom is -0.481 e. The molecule has 96 valence electrons. The SMILES string of the molecule is O=C(NC1C2CCC(C2)C1C(=O)O)c1ccn[nH]1. The Hall–Kier alpha value is -1.85. The number of carbonyl (C=O) groups excluding carboxylic acids is 1. The number of carboxylic acids is 1. The number of hydrogen-bond acceptors (Lipinski definition) is 3. The van der Waals surface area contributed by atoms with Crippen molar-refractivity contribution >= 4 is 11.9 Å². The molecule has 3 rings (SSSR count). The van der Waals surface area contributed by atoms with Gasteiger partial charge in [0.2, 0.25) is 0 Å². The summed E-state index contributed by atoms with van der Waals surface area (Å²) in [5.41, 5.74) is 0.377. The number of nitrogens with one attached hydrogen (secondary N) is 2. The van der Waals surface area contributed by atoms with E-state index in [1.165, 1.54) is 6.20 Å². The van der Waals surface area contributed by atoms with Gasteiger partial charge in [-0.3, -0.25) is 14.7 Å². The fourth-order valence-corrected chi connectivity index (χ4v) is 3.47. The molecule has 4 unspecified atom stereocenters. The molecule has 2 aliphatic carbocycles. The second kappa shape index (κ2) is 4.12. The van der Waals surface area contributed by atoms with Gasteiger partial charge in [0.15, 0.2) is 0 Å². The second-order valence-electron chi connectivity index (χ2n) is 5.17. The first-order valence-corrected chi connectivity index (χ1v) is 6.20. The predicted molar refractivity (Wildman–Crippen MR) is 61.8 cm³/mol. The van der Waals surface area contributed by atoms with Crippen molar-refractivity contribution in [3.8, 4) is 0 Å². The average molecular weight is 249 g/mol. The molecule has 6 heteroatoms. The minimum absolute atomic E-state index is 0.222. The van der Waals surface area contributed by atoms with Gasteiger partial charge in [-0.2, -0.15) is 5.10 Å². The third-order valence-corrected chi connectivity index (χ3v) is 4.24. The summed E-state index contributed by atoms with van der Waals surface area (Å²) < 4.78 is 0. The van der Waals surface area contributed by atoms with Crippen molar-refractivity contribution in [2.45, 2.75) is 25.3 Å². The normalized spacial score (nSPS) is 33.6. The monoisotopic (exact) mass is 249 g/mol. The Morgan fingerprint density at radius 2 is 2.17 bits per heavy atom. The van der Waals surface area contributed by atoms with E-state index in [9.17, 15) is 14.7 Å². The van der Waals surface area contributed by atoms with Crippen molar-refractivity contribution in [2.75, 3.05) is 0 Å². The van der Waals surface area contributed by atoms with Crippen LogP contribution in [0.1, 0.15) is 29.8 Å². The lowest BCUT2D eigenvalue weighted by molar-refractivity contribution is -0.144. The van der Waals surface area contributed by atoms with Gasteiger partial charge in [-0.1, -0.05) is 0 Å². The standard InChI is InChI=1S/C12H15N3O3/c16-11(8-3-4-13-15-8)14-10-7-2-1-6(5-7)9(10)12(17)18/h3-4,6-7,9-10H,1-2,5H2,(H,13,15)(H,14,16)(H,17,18). The lowest BCUT2D eigenvalue weighted by Crippen LogP contribution is -2.46. The van der Waals surface area contributed by atoms with Gasteiger partial charge < -0.3 is 10.4 Å². The summed E-state index contributed by atoms with van der Waals surface area (Å²) >= 11 is 0. The Balaban J connectivity index is 1.75. The van der Waals surface area contributed by atoms with E-state index >= 15 is 0 Å². The van der Waals surface area contributed by atoms with Crippen LogP contribution < -0.4 is 5.32 Å². The summed E-state index contributed by atoms with van der Waals surface area (Å²) in [6.45, 7) is 0. The maximum atomic E-state index is 11.9. The van der Waals surface area contributed by atoms with E-state index in [2.05, 4.69) is 15.5 Å². The van der Waals surface area contributed by atoms with Crippen molar-refractivity contribution in [2.24, 2.45) is 17.8 Å². The highest BCUT2D eigenvalue weighted by atomic mass is 16.4. The highest BCUT2D eigenvalue weighted by Gasteiger charge is 2.51. The Morgan fingerprint density at radius 1 is 1.39 bits per heavy atom. The molecule has 2 fully saturated rings. The van der Waals surface area contributed by atoms with E-state index in [1.807, 2.05) is 0 Å². The molecule has 6 nitrogen and oxygen atoms in total. The number of fused-ring (bicyclic) bond motifs is 2. The van der Waals surface area contributed by atoms with Gasteiger partial charge in [0.1, 0.15) is 5.69 Å². The molecule has 1 aromatic rings. The van der Waals surface area contributed by atoms with Gasteiger partial charge in [-0.05, 0) is 37.2 Å². The molecular formula is C12H15N3O3. The van der Waals surface area contributed by atoms with E-state index in [0.717, 1.165) is 19.3 Å². The molecule has 2 aliphatic rings. The predicted octanol–water partition coefficient (Wildman–Crippen LogP) is 0.639. The van der Waals surface area contributed by atoms with E-state index in [0.29, 0.717) is 11.6 Å². The number of hydrogen-bond donors (Lipinski definition) is 3. The summed E-state index contributed by atoms with van der Waals surface area (Å²) in [4.78, 5) is 23.2. The number of aromatic nitrogens is 2. The van der Waals surface area contributed by atoms with Crippen LogP contribution >= 0.6 is 0 Å². The van der Waals surface area contributed by atoms with Crippen LogP contribution in [0.2, 0.25) is 0 Å². The van der Waals surface area contributed by atoms with Crippen molar-refractivity contribution in [1.82, 2.24) is 15.5 Å². The molecule has 4 atom stereocenters. The third kappa shape index (κ3) is 1.68. The Labute approximate surface area is 104 Å². The van der Waals surface area contributed by atoms with Crippen LogP contribution in [0.4, 0.5) is 0 Å². The summed E-state index contributed by atoms with van der Waals surface area (Å²) in [6.07, 6.45) is 4.41. The van der Waals surface area contributed by atoms with Crippen molar-refractivity contribution in [1.29, 1.82) is 0 Å². The number of rotatable bonds is 3. The first-order valence-electron chi connectivity index (χ1n) is 6.20. The molecule has 0 radical (unpaired) electrons. The van der Waals surface area contributed by atoms with Crippen LogP contribution in [0.25, 0.3) is 0 Å². The third-order valence-electron chi connectivity index (χ3n) is 4.24. The molecule has 0 saturated heterocycles. The van der Waals surface area contributed by atoms with Crippen molar-refractivity contribution in [3.63, 3.8) is 0 Å². The molecular weight excluding hydrogens is 234 g/mol. The van der Waals surface area contributed by atoms with Crippen molar-refractivity contribution < 1.29 is 14.7 Å². The number of aromatic amines is 1. The zero-order valence-electron chi connectivity index (χ0n) is 9.80. The van der Waals surface area contributed by atoms with Crippen molar-refractivity contribution in [3.05, 3.63) is 18.0 Å². The van der Waals surface area contributed by atoms with Crippen LogP contribution in [0.3, 0.4) is 0 Å². The Morgan fingerprint density at radius 3 is 2.83 bits per heavy atom. The fourth-order valence-electron chi connectivity index (χ4n) is 3.47. The summed E-state index contributed by atoms with van der Waals surface area (Å²) in [5.74, 6) is -0.966. The maximum Gasteiger partial charge on any atom is 0.308 e. The number of H-pyrrole nitrogens is 1. The zero-order valence-corrected chi connectivity index (χ0v) is 9.80. The molecule has 0 spiro atoms. The highest BCUT2D eigenvalue weighted by Crippen LogP contribution is 2.48. The summed E-state index contributed by atoms with van der Waals surface area (Å²) in [6, 6.07) is 1.34. The fraction of sp³-hybridized carbons (Fsp3) is 0.583. The molecule has 0 aliphatic heterocycles. The van der Waals surface area contributed by atoms with Crippen LogP contribution in [-0.2, 0) is 4.79 Å². The van der Waals surface area contributed by atoms with E-state index in [4.69, 9.17) is 0 Å². The lowest BCUT2D eigenvalue weighted by Gasteiger charge is -2.28. The van der Waals surface area contributed by atoms with Gasteiger partial charge in [-0.25, -0.2) is 0 Å². The molecule has 2 saturated carbocycles. The number of aliphatic carboxylic acids is 1. The Kier molecular flexibility index (Phi) is 2.57. The lowest BCUT2D eigenvalue weighted by atomic mass is 9.84. The topological polar surface area (TPSA) is 95.1 Å². The average Bonchev–Trinajstić information content (AvgIpc) is 3.05. The Bertz CT molecular complexity index is 471. The maximum absolute atomic E-state index is 11.9. The largest absolute Gasteiger partial charge is 0.481 e. The molecule has 0 aromatic carbocycles. The van der Waals surface area contributed by atoms with Crippen LogP contribution in [0, 0.1) is 17.8 Å². The first-order chi connectivity index (χ1) is 8.66. The van der Waals surface area contributed by atoms with Crippen LogP contribution in [-0.4, -0.2) is 33.2 Å². The number of carboxylic acid groups (broad SMARTS) is 1. The second-order valence-corrected chi connectivity index (χ2v) is 5.17. The van der Waals surface area contributed by atoms with E-state index in [1.54, 1.807) is 6.07 Å². The van der Waals surface area contributed by atoms with Gasteiger partial charge >= 0.3 is 5.97 Å². The first kappa shape index (κ1) is 11.3. The zero-order chi connectivity index (χ0) is 12.7. The number of amides is 1. The summed E-state index contributed by atoms with van der Waals surface area (Å²) in [5, 5.41) is 18.4. The van der Waals surface area contributed by atoms with E-state index in [-0.39, 0.29) is 17.9 Å². The molecule has 3 N–H and O–H groups in total. The minimum atomic E-state index is -0.794. The van der Waals surface area contributed by atoms with E-state index < -0.39 is 11.9 Å².